The summed E-state index contributed by atoms with van der Waals surface area (Å²) in [5.41, 5.74) is 0. The molecular weight excluding hydrogens is 104 g/mol. The van der Waals surface area contributed by atoms with E-state index in [0.717, 1.165) is 0 Å². The topological polar surface area (TPSA) is 37.3 Å². The normalized spacial score (nSPS) is 12.0. The number of hydrogen-bond acceptors (Lipinski definition) is 1. The predicted molar refractivity (Wildman–Crippen MR) is 30.2 cm³/mol. The van der Waals surface area contributed by atoms with E-state index in [0.29, 0.717) is 0 Å². The second-order valence-corrected chi connectivity index (χ2v) is 1.67. The van der Waals surface area contributed by atoms with Crippen LogP contribution in [0.25, 0.3) is 0 Å². The zero-order chi connectivity index (χ0) is 6.57. The molecule has 44 valence electrons. The summed E-state index contributed by atoms with van der Waals surface area (Å²) in [6.07, 6.45) is 4.97. The van der Waals surface area contributed by atoms with Crippen molar-refractivity contribution in [1.29, 1.82) is 0 Å². The van der Waals surface area contributed by atoms with Crippen molar-refractivity contribution in [1.82, 2.24) is 0 Å². The molecule has 0 aromatic heterocycles. The van der Waals surface area contributed by atoms with E-state index < -0.39 is 5.97 Å². The fraction of sp³-hybridized carbons (Fsp3) is 0.500. The first-order chi connectivity index (χ1) is 3.66. The first kappa shape index (κ1) is 7.03. The van der Waals surface area contributed by atoms with Crippen LogP contribution in [0.5, 0.6) is 0 Å². The van der Waals surface area contributed by atoms with Gasteiger partial charge in [-0.3, -0.25) is 4.79 Å². The molecule has 0 aliphatic carbocycles. The van der Waals surface area contributed by atoms with Crippen LogP contribution in [0.1, 0.15) is 13.3 Å². The summed E-state index contributed by atoms with van der Waals surface area (Å²) in [4.78, 5) is 9.87. The predicted octanol–water partition coefficient (Wildman–Crippen LogP) is 0.730. The smallest absolute Gasteiger partial charge is 0.304 e. The third-order valence-corrected chi connectivity index (χ3v) is 0.765. The Labute approximate surface area is 48.5 Å². The summed E-state index contributed by atoms with van der Waals surface area (Å²) in [5, 5.41) is 8.12. The third kappa shape index (κ3) is 3.23. The molecule has 0 aromatic rings. The van der Waals surface area contributed by atoms with Crippen LogP contribution in [0, 0.1) is 18.3 Å². The molecule has 8 heavy (non-hydrogen) atoms. The summed E-state index contributed by atoms with van der Waals surface area (Å²) in [7, 11) is 0. The fourth-order valence-electron chi connectivity index (χ4n) is 0.321. The highest BCUT2D eigenvalue weighted by atomic mass is 16.4. The summed E-state index contributed by atoms with van der Waals surface area (Å²) in [6.45, 7) is 1.70. The van der Waals surface area contributed by atoms with Gasteiger partial charge in [-0.2, -0.15) is 0 Å². The van der Waals surface area contributed by atoms with E-state index in [4.69, 9.17) is 11.5 Å². The number of carboxylic acids is 1. The van der Waals surface area contributed by atoms with Gasteiger partial charge in [-0.15, -0.1) is 12.3 Å². The Balaban J connectivity index is 3.43. The van der Waals surface area contributed by atoms with Crippen molar-refractivity contribution in [2.45, 2.75) is 13.3 Å². The van der Waals surface area contributed by atoms with Gasteiger partial charge >= 0.3 is 5.97 Å². The maximum Gasteiger partial charge on any atom is 0.304 e. The Morgan fingerprint density at radius 3 is 2.62 bits per heavy atom. The maximum atomic E-state index is 9.87. The van der Waals surface area contributed by atoms with Crippen molar-refractivity contribution < 1.29 is 9.90 Å². The second kappa shape index (κ2) is 3.09. The SMILES string of the molecule is C#C[C@H](C)CC(=O)O. The maximum absolute atomic E-state index is 9.87. The monoisotopic (exact) mass is 112 g/mol. The number of carbonyl (C=O) groups is 1. The number of aliphatic carboxylic acids is 1. The molecule has 0 heterocycles. The van der Waals surface area contributed by atoms with Crippen LogP contribution in [0.4, 0.5) is 0 Å². The van der Waals surface area contributed by atoms with Crippen molar-refractivity contribution >= 4 is 5.97 Å². The van der Waals surface area contributed by atoms with E-state index in [1.807, 2.05) is 0 Å². The van der Waals surface area contributed by atoms with E-state index in [9.17, 15) is 4.79 Å². The quantitative estimate of drug-likeness (QED) is 0.535. The molecule has 0 spiro atoms. The van der Waals surface area contributed by atoms with Crippen molar-refractivity contribution in [3.63, 3.8) is 0 Å². The lowest BCUT2D eigenvalue weighted by Crippen LogP contribution is -2.00. The highest BCUT2D eigenvalue weighted by Gasteiger charge is 2.01. The van der Waals surface area contributed by atoms with Crippen molar-refractivity contribution in [2.24, 2.45) is 5.92 Å². The van der Waals surface area contributed by atoms with E-state index in [1.165, 1.54) is 0 Å². The molecule has 0 fully saturated rings. The minimum atomic E-state index is -0.838. The van der Waals surface area contributed by atoms with Gasteiger partial charge in [0.25, 0.3) is 0 Å². The zero-order valence-electron chi connectivity index (χ0n) is 4.72. The average Bonchev–Trinajstić information content (AvgIpc) is 1.65. The van der Waals surface area contributed by atoms with Gasteiger partial charge in [-0.05, 0) is 0 Å². The van der Waals surface area contributed by atoms with E-state index >= 15 is 0 Å². The Morgan fingerprint density at radius 2 is 2.50 bits per heavy atom. The number of hydrogen-bond donors (Lipinski definition) is 1. The summed E-state index contributed by atoms with van der Waals surface area (Å²) >= 11 is 0. The van der Waals surface area contributed by atoms with Gasteiger partial charge in [-0.25, -0.2) is 0 Å². The van der Waals surface area contributed by atoms with Crippen LogP contribution < -0.4 is 0 Å². The molecule has 0 saturated heterocycles. The van der Waals surface area contributed by atoms with Crippen LogP contribution in [-0.2, 0) is 4.79 Å². The molecule has 0 radical (unpaired) electrons. The third-order valence-electron chi connectivity index (χ3n) is 0.765. The fourth-order valence-corrected chi connectivity index (χ4v) is 0.321. The van der Waals surface area contributed by atoms with Gasteiger partial charge in [0, 0.05) is 5.92 Å². The highest BCUT2D eigenvalue weighted by Crippen LogP contribution is 1.96. The van der Waals surface area contributed by atoms with Gasteiger partial charge in [0.1, 0.15) is 0 Å². The Morgan fingerprint density at radius 1 is 2.00 bits per heavy atom. The number of carboxylic acid groups (broad SMARTS) is 1. The Kier molecular flexibility index (Phi) is 2.71. The molecule has 0 amide bonds. The zero-order valence-corrected chi connectivity index (χ0v) is 4.72. The van der Waals surface area contributed by atoms with Crippen molar-refractivity contribution in [3.05, 3.63) is 0 Å². The highest BCUT2D eigenvalue weighted by molar-refractivity contribution is 5.67. The first-order valence-corrected chi connectivity index (χ1v) is 2.34. The average molecular weight is 112 g/mol. The van der Waals surface area contributed by atoms with E-state index in [1.54, 1.807) is 6.92 Å². The van der Waals surface area contributed by atoms with Crippen LogP contribution in [0.15, 0.2) is 0 Å². The van der Waals surface area contributed by atoms with Crippen molar-refractivity contribution in [2.75, 3.05) is 0 Å². The molecule has 0 unspecified atom stereocenters. The molecular formula is C6H8O2. The molecule has 0 aromatic carbocycles. The molecule has 2 heteroatoms. The minimum Gasteiger partial charge on any atom is -0.481 e. The van der Waals surface area contributed by atoms with Gasteiger partial charge in [-0.1, -0.05) is 6.92 Å². The summed E-state index contributed by atoms with van der Waals surface area (Å²) < 4.78 is 0. The molecule has 1 N–H and O–H groups in total. The number of terminal acetylenes is 1. The van der Waals surface area contributed by atoms with Gasteiger partial charge in [0.15, 0.2) is 0 Å². The van der Waals surface area contributed by atoms with Crippen molar-refractivity contribution in [3.8, 4) is 12.3 Å². The van der Waals surface area contributed by atoms with Gasteiger partial charge < -0.3 is 5.11 Å². The van der Waals surface area contributed by atoms with Gasteiger partial charge in [0.05, 0.1) is 6.42 Å². The molecule has 1 atom stereocenters. The molecule has 0 bridgehead atoms. The van der Waals surface area contributed by atoms with Crippen LogP contribution in [-0.4, -0.2) is 11.1 Å². The summed E-state index contributed by atoms with van der Waals surface area (Å²) in [5.74, 6) is 1.33. The molecule has 2 nitrogen and oxygen atoms in total. The molecule has 0 saturated carbocycles. The molecule has 0 rings (SSSR count). The molecule has 0 aliphatic heterocycles. The lowest BCUT2D eigenvalue weighted by atomic mass is 10.1. The lowest BCUT2D eigenvalue weighted by Gasteiger charge is -1.94. The summed E-state index contributed by atoms with van der Waals surface area (Å²) in [6, 6.07) is 0. The molecule has 0 aliphatic rings. The minimum absolute atomic E-state index is 0.0660. The standard InChI is InChI=1S/C6H8O2/c1-3-5(2)4-6(7)8/h1,5H,4H2,2H3,(H,7,8)/t5-/m0/s1. The van der Waals surface area contributed by atoms with Crippen LogP contribution in [0.2, 0.25) is 0 Å². The van der Waals surface area contributed by atoms with Crippen LogP contribution >= 0.6 is 0 Å². The Bertz CT molecular complexity index is 121. The second-order valence-electron chi connectivity index (χ2n) is 1.67. The lowest BCUT2D eigenvalue weighted by molar-refractivity contribution is -0.137. The largest absolute Gasteiger partial charge is 0.481 e. The van der Waals surface area contributed by atoms with E-state index in [-0.39, 0.29) is 12.3 Å². The van der Waals surface area contributed by atoms with Crippen LogP contribution in [0.3, 0.4) is 0 Å². The van der Waals surface area contributed by atoms with E-state index in [2.05, 4.69) is 5.92 Å². The first-order valence-electron chi connectivity index (χ1n) is 2.34. The number of rotatable bonds is 2. The Hall–Kier alpha value is -0.970. The van der Waals surface area contributed by atoms with Gasteiger partial charge in [0.2, 0.25) is 0 Å².